The number of halogens is 2. The smallest absolute Gasteiger partial charge is 0.340 e. The van der Waals surface area contributed by atoms with Crippen molar-refractivity contribution < 1.29 is 19.1 Å². The minimum Gasteiger partial charge on any atom is -0.449 e. The number of hydrogen-bond donors (Lipinski definition) is 2. The molecule has 2 aromatic carbocycles. The van der Waals surface area contributed by atoms with Crippen LogP contribution in [-0.2, 0) is 14.3 Å². The van der Waals surface area contributed by atoms with E-state index in [-0.39, 0.29) is 16.5 Å². The van der Waals surface area contributed by atoms with Gasteiger partial charge in [0.25, 0.3) is 5.91 Å². The minimum atomic E-state index is -1.04. The van der Waals surface area contributed by atoms with Crippen LogP contribution in [0, 0.1) is 0 Å². The van der Waals surface area contributed by atoms with Gasteiger partial charge in [0.15, 0.2) is 6.10 Å². The molecule has 0 bridgehead atoms. The highest BCUT2D eigenvalue weighted by Crippen LogP contribution is 2.22. The maximum atomic E-state index is 12.2. The van der Waals surface area contributed by atoms with E-state index in [1.165, 1.54) is 32.0 Å². The zero-order valence-electron chi connectivity index (χ0n) is 14.0. The number of benzene rings is 2. The fourth-order valence-corrected chi connectivity index (χ4v) is 2.50. The molecule has 8 heteroatoms. The Labute approximate surface area is 160 Å². The molecule has 1 atom stereocenters. The number of anilines is 2. The van der Waals surface area contributed by atoms with E-state index >= 15 is 0 Å². The fourth-order valence-electron chi connectivity index (χ4n) is 2.02. The van der Waals surface area contributed by atoms with Crippen molar-refractivity contribution in [3.8, 4) is 0 Å². The number of rotatable bonds is 5. The van der Waals surface area contributed by atoms with Crippen molar-refractivity contribution in [2.24, 2.45) is 0 Å². The van der Waals surface area contributed by atoms with Crippen LogP contribution < -0.4 is 10.6 Å². The summed E-state index contributed by atoms with van der Waals surface area (Å²) < 4.78 is 5.13. The molecule has 0 aliphatic rings. The Hall–Kier alpha value is -2.57. The number of ether oxygens (including phenoxy) is 1. The van der Waals surface area contributed by atoms with Crippen LogP contribution in [0.15, 0.2) is 42.5 Å². The Balaban J connectivity index is 1.96. The molecule has 0 spiro atoms. The molecule has 2 rings (SSSR count). The van der Waals surface area contributed by atoms with E-state index in [1.54, 1.807) is 24.3 Å². The molecule has 136 valence electrons. The molecule has 0 aliphatic carbocycles. The summed E-state index contributed by atoms with van der Waals surface area (Å²) >= 11 is 11.7. The highest BCUT2D eigenvalue weighted by molar-refractivity contribution is 6.36. The van der Waals surface area contributed by atoms with Gasteiger partial charge in [-0.05, 0) is 49.4 Å². The second-order valence-corrected chi connectivity index (χ2v) is 6.26. The second-order valence-electron chi connectivity index (χ2n) is 5.42. The van der Waals surface area contributed by atoms with E-state index in [4.69, 9.17) is 27.9 Å². The summed E-state index contributed by atoms with van der Waals surface area (Å²) in [6, 6.07) is 10.9. The molecular formula is C18H16Cl2N2O4. The summed E-state index contributed by atoms with van der Waals surface area (Å²) in [5.41, 5.74) is 1.22. The van der Waals surface area contributed by atoms with Gasteiger partial charge in [0, 0.05) is 23.3 Å². The lowest BCUT2D eigenvalue weighted by Gasteiger charge is -2.14. The van der Waals surface area contributed by atoms with Gasteiger partial charge in [-0.1, -0.05) is 23.2 Å². The highest BCUT2D eigenvalue weighted by atomic mass is 35.5. The number of esters is 1. The first kappa shape index (κ1) is 19.8. The maximum Gasteiger partial charge on any atom is 0.340 e. The van der Waals surface area contributed by atoms with Crippen molar-refractivity contribution in [3.05, 3.63) is 58.1 Å². The Morgan fingerprint density at radius 2 is 1.54 bits per heavy atom. The largest absolute Gasteiger partial charge is 0.449 e. The molecule has 6 nitrogen and oxygen atoms in total. The van der Waals surface area contributed by atoms with Gasteiger partial charge >= 0.3 is 5.97 Å². The molecule has 2 N–H and O–H groups in total. The quantitative estimate of drug-likeness (QED) is 0.746. The second kappa shape index (κ2) is 8.69. The van der Waals surface area contributed by atoms with Gasteiger partial charge in [-0.25, -0.2) is 4.79 Å². The third kappa shape index (κ3) is 5.47. The molecule has 0 aromatic heterocycles. The van der Waals surface area contributed by atoms with Crippen molar-refractivity contribution >= 4 is 52.4 Å². The Morgan fingerprint density at radius 3 is 2.08 bits per heavy atom. The molecule has 0 aliphatic heterocycles. The van der Waals surface area contributed by atoms with Crippen molar-refractivity contribution in [1.29, 1.82) is 0 Å². The number of carbonyl (C=O) groups is 3. The number of carbonyl (C=O) groups excluding carboxylic acids is 3. The number of hydrogen-bond acceptors (Lipinski definition) is 4. The van der Waals surface area contributed by atoms with Crippen molar-refractivity contribution in [2.45, 2.75) is 20.0 Å². The van der Waals surface area contributed by atoms with Crippen LogP contribution in [0.1, 0.15) is 24.2 Å². The summed E-state index contributed by atoms with van der Waals surface area (Å²) in [5, 5.41) is 5.77. The van der Waals surface area contributed by atoms with E-state index in [9.17, 15) is 14.4 Å². The Morgan fingerprint density at radius 1 is 0.962 bits per heavy atom. The van der Waals surface area contributed by atoms with Crippen molar-refractivity contribution in [2.75, 3.05) is 10.6 Å². The van der Waals surface area contributed by atoms with Gasteiger partial charge in [0.05, 0.1) is 10.6 Å². The van der Waals surface area contributed by atoms with Crippen LogP contribution in [-0.4, -0.2) is 23.9 Å². The zero-order valence-corrected chi connectivity index (χ0v) is 15.5. The number of amides is 2. The SMILES string of the molecule is CC(=O)Nc1ccc(NC(=O)[C@H](C)OC(=O)c2ccc(Cl)cc2Cl)cc1. The average Bonchev–Trinajstić information content (AvgIpc) is 2.55. The van der Waals surface area contributed by atoms with Crippen LogP contribution >= 0.6 is 23.2 Å². The summed E-state index contributed by atoms with van der Waals surface area (Å²) in [7, 11) is 0. The van der Waals surface area contributed by atoms with E-state index < -0.39 is 18.0 Å². The predicted molar refractivity (Wildman–Crippen MR) is 101 cm³/mol. The number of nitrogens with one attached hydrogen (secondary N) is 2. The molecule has 2 amide bonds. The van der Waals surface area contributed by atoms with Gasteiger partial charge in [0.1, 0.15) is 0 Å². The maximum absolute atomic E-state index is 12.2. The normalized spacial score (nSPS) is 11.4. The first-order valence-corrected chi connectivity index (χ1v) is 8.36. The Kier molecular flexibility index (Phi) is 6.60. The van der Waals surface area contributed by atoms with Crippen LogP contribution in [0.3, 0.4) is 0 Å². The first-order chi connectivity index (χ1) is 12.3. The highest BCUT2D eigenvalue weighted by Gasteiger charge is 2.20. The molecule has 0 unspecified atom stereocenters. The van der Waals surface area contributed by atoms with Crippen molar-refractivity contribution in [1.82, 2.24) is 0 Å². The molecule has 0 saturated heterocycles. The fraction of sp³-hybridized carbons (Fsp3) is 0.167. The topological polar surface area (TPSA) is 84.5 Å². The summed E-state index contributed by atoms with van der Waals surface area (Å²) in [5.74, 6) is -1.42. The molecule has 26 heavy (non-hydrogen) atoms. The van der Waals surface area contributed by atoms with Crippen LogP contribution in [0.25, 0.3) is 0 Å². The zero-order chi connectivity index (χ0) is 19.3. The predicted octanol–water partition coefficient (Wildman–Crippen LogP) is 4.14. The van der Waals surface area contributed by atoms with Crippen LogP contribution in [0.2, 0.25) is 10.0 Å². The standard InChI is InChI=1S/C18H16Cl2N2O4/c1-10(26-18(25)15-8-3-12(19)9-16(15)20)17(24)22-14-6-4-13(5-7-14)21-11(2)23/h3-10H,1-2H3,(H,21,23)(H,22,24)/t10-/m0/s1. The summed E-state index contributed by atoms with van der Waals surface area (Å²) in [4.78, 5) is 35.3. The van der Waals surface area contributed by atoms with Gasteiger partial charge in [-0.2, -0.15) is 0 Å². The van der Waals surface area contributed by atoms with Crippen molar-refractivity contribution in [3.63, 3.8) is 0 Å². The van der Waals surface area contributed by atoms with Gasteiger partial charge < -0.3 is 15.4 Å². The van der Waals surface area contributed by atoms with Gasteiger partial charge in [0.2, 0.25) is 5.91 Å². The summed E-state index contributed by atoms with van der Waals surface area (Å²) in [6.07, 6.45) is -1.04. The molecule has 0 fully saturated rings. The lowest BCUT2D eigenvalue weighted by atomic mass is 10.2. The van der Waals surface area contributed by atoms with Crippen LogP contribution in [0.4, 0.5) is 11.4 Å². The molecule has 2 aromatic rings. The van der Waals surface area contributed by atoms with Gasteiger partial charge in [-0.3, -0.25) is 9.59 Å². The van der Waals surface area contributed by atoms with E-state index in [1.807, 2.05) is 0 Å². The van der Waals surface area contributed by atoms with E-state index in [0.29, 0.717) is 16.4 Å². The summed E-state index contributed by atoms with van der Waals surface area (Å²) in [6.45, 7) is 2.85. The third-order valence-corrected chi connectivity index (χ3v) is 3.82. The molecule has 0 saturated carbocycles. The molecular weight excluding hydrogens is 379 g/mol. The Bertz CT molecular complexity index is 838. The molecule has 0 heterocycles. The first-order valence-electron chi connectivity index (χ1n) is 7.61. The average molecular weight is 395 g/mol. The lowest BCUT2D eigenvalue weighted by Crippen LogP contribution is -2.30. The van der Waals surface area contributed by atoms with Crippen LogP contribution in [0.5, 0.6) is 0 Å². The lowest BCUT2D eigenvalue weighted by molar-refractivity contribution is -0.123. The van der Waals surface area contributed by atoms with Gasteiger partial charge in [-0.15, -0.1) is 0 Å². The molecule has 0 radical (unpaired) electrons. The minimum absolute atomic E-state index is 0.121. The monoisotopic (exact) mass is 394 g/mol. The van der Waals surface area contributed by atoms with E-state index in [0.717, 1.165) is 0 Å². The third-order valence-electron chi connectivity index (χ3n) is 3.28. The van der Waals surface area contributed by atoms with E-state index in [2.05, 4.69) is 10.6 Å².